The van der Waals surface area contributed by atoms with E-state index in [1.807, 2.05) is 0 Å². The Labute approximate surface area is 167 Å². The summed E-state index contributed by atoms with van der Waals surface area (Å²) in [5.41, 5.74) is 3.07. The van der Waals surface area contributed by atoms with Crippen LogP contribution in [0.2, 0.25) is 0 Å². The summed E-state index contributed by atoms with van der Waals surface area (Å²) in [6.07, 6.45) is 7.36. The van der Waals surface area contributed by atoms with Crippen molar-refractivity contribution in [1.82, 2.24) is 4.90 Å². The molecule has 2 aliphatic carbocycles. The molecule has 0 aromatic rings. The summed E-state index contributed by atoms with van der Waals surface area (Å²) in [4.78, 5) is 13.8. The highest BCUT2D eigenvalue weighted by Crippen LogP contribution is 2.36. The fraction of sp³-hybridized carbons (Fsp3) is 0.792. The summed E-state index contributed by atoms with van der Waals surface area (Å²) < 4.78 is 5.29. The third-order valence-corrected chi connectivity index (χ3v) is 6.85. The fourth-order valence-corrected chi connectivity index (χ4v) is 5.50. The van der Waals surface area contributed by atoms with Gasteiger partial charge in [0, 0.05) is 26.6 Å². The largest absolute Gasteiger partial charge is 0.465 e. The van der Waals surface area contributed by atoms with Gasteiger partial charge in [-0.25, -0.2) is 0 Å². The smallest absolute Gasteiger partial charge is 0.302 e. The Morgan fingerprint density at radius 3 is 1.78 bits per heavy atom. The maximum absolute atomic E-state index is 11.2. The highest BCUT2D eigenvalue weighted by molar-refractivity contribution is 5.65. The zero-order valence-electron chi connectivity index (χ0n) is 18.6. The Bertz CT molecular complexity index is 525. The number of rotatable bonds is 7. The number of carbonyl (C=O) groups is 1. The Hall–Kier alpha value is -1.09. The Kier molecular flexibility index (Phi) is 8.15. The molecule has 0 radical (unpaired) electrons. The van der Waals surface area contributed by atoms with Crippen LogP contribution in [0.15, 0.2) is 23.3 Å². The maximum Gasteiger partial charge on any atom is 0.302 e. The number of allylic oxidation sites excluding steroid dienone is 4. The van der Waals surface area contributed by atoms with Crippen LogP contribution in [0.3, 0.4) is 0 Å². The van der Waals surface area contributed by atoms with Crippen molar-refractivity contribution in [1.29, 1.82) is 0 Å². The lowest BCUT2D eigenvalue weighted by molar-refractivity contribution is -0.141. The van der Waals surface area contributed by atoms with Crippen LogP contribution < -0.4 is 0 Å². The number of carbonyl (C=O) groups excluding carboxylic acids is 1. The zero-order chi connectivity index (χ0) is 20.1. The van der Waals surface area contributed by atoms with Gasteiger partial charge < -0.3 is 4.74 Å². The predicted molar refractivity (Wildman–Crippen MR) is 113 cm³/mol. The van der Waals surface area contributed by atoms with E-state index in [0.717, 1.165) is 19.6 Å². The van der Waals surface area contributed by atoms with Crippen molar-refractivity contribution in [3.8, 4) is 0 Å². The molecule has 3 heteroatoms. The van der Waals surface area contributed by atoms with Crippen molar-refractivity contribution >= 4 is 5.97 Å². The molecule has 2 aliphatic rings. The summed E-state index contributed by atoms with van der Waals surface area (Å²) in [5, 5.41) is 0. The molecule has 0 saturated carbocycles. The highest BCUT2D eigenvalue weighted by Gasteiger charge is 2.32. The van der Waals surface area contributed by atoms with E-state index in [0.29, 0.717) is 42.1 Å². The van der Waals surface area contributed by atoms with Gasteiger partial charge in [-0.3, -0.25) is 9.69 Å². The molecule has 0 saturated heterocycles. The summed E-state index contributed by atoms with van der Waals surface area (Å²) in [5.74, 6) is 3.84. The number of ether oxygens (including phenoxy) is 1. The summed E-state index contributed by atoms with van der Waals surface area (Å²) in [6, 6.07) is 0. The van der Waals surface area contributed by atoms with Crippen LogP contribution >= 0.6 is 0 Å². The maximum atomic E-state index is 11.2. The van der Waals surface area contributed by atoms with Crippen LogP contribution in [-0.2, 0) is 9.53 Å². The van der Waals surface area contributed by atoms with E-state index in [1.54, 1.807) is 0 Å². The van der Waals surface area contributed by atoms with Crippen LogP contribution in [-0.4, -0.2) is 37.1 Å². The van der Waals surface area contributed by atoms with Crippen LogP contribution in [0, 0.1) is 35.5 Å². The molecule has 0 aromatic heterocycles. The lowest BCUT2D eigenvalue weighted by Crippen LogP contribution is -2.43. The van der Waals surface area contributed by atoms with Crippen LogP contribution in [0.1, 0.15) is 61.3 Å². The minimum absolute atomic E-state index is 0.175. The Balaban J connectivity index is 2.07. The molecule has 0 heterocycles. The van der Waals surface area contributed by atoms with Crippen molar-refractivity contribution in [3.05, 3.63) is 23.3 Å². The van der Waals surface area contributed by atoms with E-state index < -0.39 is 0 Å². The molecule has 0 fully saturated rings. The summed E-state index contributed by atoms with van der Waals surface area (Å²) in [7, 11) is 0. The molecular weight excluding hydrogens is 334 g/mol. The molecule has 0 aromatic carbocycles. The van der Waals surface area contributed by atoms with E-state index in [2.05, 4.69) is 58.6 Å². The monoisotopic (exact) mass is 375 g/mol. The van der Waals surface area contributed by atoms with E-state index in [-0.39, 0.29) is 5.97 Å². The zero-order valence-corrected chi connectivity index (χ0v) is 18.6. The van der Waals surface area contributed by atoms with Crippen molar-refractivity contribution in [2.75, 3.05) is 26.2 Å². The molecule has 0 amide bonds. The molecule has 6 atom stereocenters. The standard InChI is InChI=1S/C24H41NO2/c1-16-10-18(3)23(19(4)11-16)14-25(8-9-27-22(7)26)15-24-20(5)12-17(2)13-21(24)6/h10,12,18-21,23-24H,8-9,11,13-15H2,1-7H3/t18-,19+,20-,21+,23-,24-/m0/s1. The van der Waals surface area contributed by atoms with Gasteiger partial charge in [0.1, 0.15) is 6.61 Å². The second-order valence-corrected chi connectivity index (χ2v) is 9.53. The molecule has 0 unspecified atom stereocenters. The minimum Gasteiger partial charge on any atom is -0.465 e. The first-order valence-electron chi connectivity index (χ1n) is 10.9. The third-order valence-electron chi connectivity index (χ3n) is 6.85. The molecule has 0 N–H and O–H groups in total. The number of hydrogen-bond acceptors (Lipinski definition) is 3. The van der Waals surface area contributed by atoms with Gasteiger partial charge >= 0.3 is 5.97 Å². The minimum atomic E-state index is -0.175. The normalized spacial score (nSPS) is 34.2. The second-order valence-electron chi connectivity index (χ2n) is 9.53. The van der Waals surface area contributed by atoms with Gasteiger partial charge in [-0.1, -0.05) is 51.0 Å². The van der Waals surface area contributed by atoms with Gasteiger partial charge in [-0.2, -0.15) is 0 Å². The molecule has 27 heavy (non-hydrogen) atoms. The molecule has 0 bridgehead atoms. The molecule has 2 rings (SSSR count). The first kappa shape index (κ1) is 22.2. The first-order chi connectivity index (χ1) is 12.7. The molecule has 154 valence electrons. The van der Waals surface area contributed by atoms with Crippen molar-refractivity contribution in [2.45, 2.75) is 61.3 Å². The van der Waals surface area contributed by atoms with E-state index in [9.17, 15) is 4.79 Å². The van der Waals surface area contributed by atoms with Gasteiger partial charge in [-0.15, -0.1) is 0 Å². The van der Waals surface area contributed by atoms with Crippen LogP contribution in [0.25, 0.3) is 0 Å². The van der Waals surface area contributed by atoms with Crippen molar-refractivity contribution in [2.24, 2.45) is 35.5 Å². The Morgan fingerprint density at radius 1 is 0.963 bits per heavy atom. The predicted octanol–water partition coefficient (Wildman–Crippen LogP) is 5.33. The van der Waals surface area contributed by atoms with Gasteiger partial charge in [0.2, 0.25) is 0 Å². The SMILES string of the molecule is CC(=O)OCCN(C[C@@H]1[C@H](C)CC(C)=C[C@@H]1C)C[C@@H]1[C@H](C)CC(C)=C[C@@H]1C. The van der Waals surface area contributed by atoms with E-state index >= 15 is 0 Å². The number of nitrogens with zero attached hydrogens (tertiary/aromatic N) is 1. The summed E-state index contributed by atoms with van der Waals surface area (Å²) >= 11 is 0. The van der Waals surface area contributed by atoms with E-state index in [1.165, 1.54) is 30.9 Å². The number of hydrogen-bond donors (Lipinski definition) is 0. The van der Waals surface area contributed by atoms with Gasteiger partial charge in [0.05, 0.1) is 0 Å². The molecule has 0 spiro atoms. The first-order valence-corrected chi connectivity index (χ1v) is 10.9. The van der Waals surface area contributed by atoms with Crippen molar-refractivity contribution in [3.63, 3.8) is 0 Å². The second kappa shape index (κ2) is 9.91. The summed E-state index contributed by atoms with van der Waals surface area (Å²) in [6.45, 7) is 19.1. The fourth-order valence-electron chi connectivity index (χ4n) is 5.50. The molecule has 0 aliphatic heterocycles. The lowest BCUT2D eigenvalue weighted by atomic mass is 9.73. The highest BCUT2D eigenvalue weighted by atomic mass is 16.5. The van der Waals surface area contributed by atoms with Crippen molar-refractivity contribution < 1.29 is 9.53 Å². The van der Waals surface area contributed by atoms with Gasteiger partial charge in [0.25, 0.3) is 0 Å². The number of esters is 1. The quantitative estimate of drug-likeness (QED) is 0.445. The topological polar surface area (TPSA) is 29.5 Å². The van der Waals surface area contributed by atoms with Gasteiger partial charge in [0.15, 0.2) is 0 Å². The molecule has 3 nitrogen and oxygen atoms in total. The van der Waals surface area contributed by atoms with Crippen LogP contribution in [0.4, 0.5) is 0 Å². The van der Waals surface area contributed by atoms with E-state index in [4.69, 9.17) is 4.74 Å². The lowest BCUT2D eigenvalue weighted by Gasteiger charge is -2.41. The third kappa shape index (κ3) is 6.48. The average Bonchev–Trinajstić information content (AvgIpc) is 2.53. The Morgan fingerprint density at radius 2 is 1.41 bits per heavy atom. The van der Waals surface area contributed by atoms with Gasteiger partial charge in [-0.05, 0) is 62.2 Å². The molecular formula is C24H41NO2. The van der Waals surface area contributed by atoms with Crippen LogP contribution in [0.5, 0.6) is 0 Å². The average molecular weight is 376 g/mol.